The van der Waals surface area contributed by atoms with Crippen LogP contribution >= 0.6 is 0 Å². The minimum Gasteiger partial charge on any atom is -0.497 e. The molecule has 0 aliphatic heterocycles. The molecule has 0 aliphatic rings. The third-order valence-corrected chi connectivity index (χ3v) is 4.54. The molecule has 0 amide bonds. The Morgan fingerprint density at radius 2 is 1.42 bits per heavy atom. The molecule has 158 valence electrons. The molecule has 0 aromatic heterocycles. The second kappa shape index (κ2) is 10.1. The molecule has 0 fully saturated rings. The number of hydrogen-bond acceptors (Lipinski definition) is 6. The average Bonchev–Trinajstić information content (AvgIpc) is 2.82. The van der Waals surface area contributed by atoms with Crippen LogP contribution in [0.3, 0.4) is 0 Å². The molecule has 0 unspecified atom stereocenters. The summed E-state index contributed by atoms with van der Waals surface area (Å²) in [5, 5.41) is 0. The Kier molecular flexibility index (Phi) is 7.06. The zero-order valence-electron chi connectivity index (χ0n) is 17.5. The molecule has 6 heteroatoms. The summed E-state index contributed by atoms with van der Waals surface area (Å²) in [6, 6.07) is 18.7. The minimum atomic E-state index is -0.599. The number of carbonyl (C=O) groups excluding carboxylic acids is 2. The first-order chi connectivity index (χ1) is 15.1. The lowest BCUT2D eigenvalue weighted by Crippen LogP contribution is -2.11. The van der Waals surface area contributed by atoms with Crippen molar-refractivity contribution in [3.8, 4) is 23.0 Å². The van der Waals surface area contributed by atoms with Crippen LogP contribution in [-0.4, -0.2) is 33.1 Å². The van der Waals surface area contributed by atoms with Gasteiger partial charge in [0.25, 0.3) is 0 Å². The summed E-state index contributed by atoms with van der Waals surface area (Å²) in [6.45, 7) is 0. The van der Waals surface area contributed by atoms with E-state index < -0.39 is 5.97 Å². The third kappa shape index (κ3) is 5.11. The van der Waals surface area contributed by atoms with Crippen molar-refractivity contribution < 1.29 is 28.5 Å². The number of carbonyl (C=O) groups is 2. The van der Waals surface area contributed by atoms with Gasteiger partial charge in [-0.2, -0.15) is 0 Å². The molecule has 0 bridgehead atoms. The van der Waals surface area contributed by atoms with E-state index in [1.54, 1.807) is 79.9 Å². The van der Waals surface area contributed by atoms with Gasteiger partial charge in [-0.15, -0.1) is 0 Å². The van der Waals surface area contributed by atoms with Crippen molar-refractivity contribution in [2.45, 2.75) is 0 Å². The fraction of sp³-hybridized carbons (Fsp3) is 0.120. The summed E-state index contributed by atoms with van der Waals surface area (Å²) in [5.41, 5.74) is 1.30. The maximum Gasteiger partial charge on any atom is 0.347 e. The van der Waals surface area contributed by atoms with Gasteiger partial charge in [0.1, 0.15) is 17.1 Å². The minimum absolute atomic E-state index is 0.201. The van der Waals surface area contributed by atoms with Gasteiger partial charge in [0.15, 0.2) is 17.3 Å². The van der Waals surface area contributed by atoms with Crippen LogP contribution < -0.4 is 18.9 Å². The fourth-order valence-corrected chi connectivity index (χ4v) is 2.91. The Balaban J connectivity index is 1.88. The van der Waals surface area contributed by atoms with Crippen molar-refractivity contribution in [2.75, 3.05) is 21.3 Å². The molecular formula is C25H22O6. The van der Waals surface area contributed by atoms with Crippen LogP contribution in [0.1, 0.15) is 26.3 Å². The average molecular weight is 418 g/mol. The smallest absolute Gasteiger partial charge is 0.347 e. The molecule has 0 aliphatic carbocycles. The van der Waals surface area contributed by atoms with Crippen LogP contribution in [0.25, 0.3) is 6.08 Å². The molecule has 0 saturated heterocycles. The molecule has 0 N–H and O–H groups in total. The van der Waals surface area contributed by atoms with E-state index in [-0.39, 0.29) is 17.1 Å². The molecule has 6 nitrogen and oxygen atoms in total. The number of methoxy groups -OCH3 is 3. The van der Waals surface area contributed by atoms with Crippen molar-refractivity contribution >= 4 is 17.8 Å². The zero-order chi connectivity index (χ0) is 22.2. The van der Waals surface area contributed by atoms with E-state index in [9.17, 15) is 9.59 Å². The van der Waals surface area contributed by atoms with Crippen molar-refractivity contribution in [1.29, 1.82) is 0 Å². The summed E-state index contributed by atoms with van der Waals surface area (Å²) in [7, 11) is 4.52. The topological polar surface area (TPSA) is 71.1 Å². The van der Waals surface area contributed by atoms with Gasteiger partial charge in [-0.25, -0.2) is 4.79 Å². The predicted molar refractivity (Wildman–Crippen MR) is 117 cm³/mol. The van der Waals surface area contributed by atoms with Gasteiger partial charge in [0.2, 0.25) is 0 Å². The highest BCUT2D eigenvalue weighted by atomic mass is 16.6. The number of ether oxygens (including phenoxy) is 4. The Morgan fingerprint density at radius 1 is 0.742 bits per heavy atom. The van der Waals surface area contributed by atoms with Crippen LogP contribution in [0.4, 0.5) is 0 Å². The number of benzene rings is 3. The highest BCUT2D eigenvalue weighted by Crippen LogP contribution is 2.33. The van der Waals surface area contributed by atoms with Gasteiger partial charge in [-0.1, -0.05) is 24.3 Å². The number of para-hydroxylation sites is 2. The quantitative estimate of drug-likeness (QED) is 0.226. The Morgan fingerprint density at radius 3 is 2.10 bits per heavy atom. The third-order valence-electron chi connectivity index (χ3n) is 4.54. The first-order valence-electron chi connectivity index (χ1n) is 9.46. The van der Waals surface area contributed by atoms with Gasteiger partial charge >= 0.3 is 5.97 Å². The Bertz CT molecular complexity index is 1100. The lowest BCUT2D eigenvalue weighted by Gasteiger charge is -2.13. The van der Waals surface area contributed by atoms with Crippen molar-refractivity contribution in [2.24, 2.45) is 0 Å². The first kappa shape index (κ1) is 21.6. The normalized spacial score (nSPS) is 10.5. The van der Waals surface area contributed by atoms with Gasteiger partial charge in [0.05, 0.1) is 21.3 Å². The van der Waals surface area contributed by atoms with Crippen molar-refractivity contribution in [3.63, 3.8) is 0 Å². The molecule has 0 saturated carbocycles. The lowest BCUT2D eigenvalue weighted by atomic mass is 10.1. The van der Waals surface area contributed by atoms with Crippen molar-refractivity contribution in [1.82, 2.24) is 0 Å². The zero-order valence-corrected chi connectivity index (χ0v) is 17.5. The van der Waals surface area contributed by atoms with E-state index in [1.807, 2.05) is 0 Å². The summed E-state index contributed by atoms with van der Waals surface area (Å²) < 4.78 is 21.3. The van der Waals surface area contributed by atoms with Gasteiger partial charge < -0.3 is 18.9 Å². The van der Waals surface area contributed by atoms with Crippen molar-refractivity contribution in [3.05, 3.63) is 89.5 Å². The number of hydrogen-bond donors (Lipinski definition) is 0. The predicted octanol–water partition coefficient (Wildman–Crippen LogP) is 4.83. The van der Waals surface area contributed by atoms with Gasteiger partial charge in [-0.05, 0) is 54.6 Å². The van der Waals surface area contributed by atoms with Crippen LogP contribution in [0, 0.1) is 0 Å². The van der Waals surface area contributed by atoms with Crippen LogP contribution in [0.2, 0.25) is 0 Å². The van der Waals surface area contributed by atoms with E-state index in [2.05, 4.69) is 0 Å². The lowest BCUT2D eigenvalue weighted by molar-refractivity contribution is 0.0725. The molecule has 0 atom stereocenters. The summed E-state index contributed by atoms with van der Waals surface area (Å²) >= 11 is 0. The summed E-state index contributed by atoms with van der Waals surface area (Å²) in [4.78, 5) is 25.3. The molecule has 0 radical (unpaired) electrons. The highest BCUT2D eigenvalue weighted by molar-refractivity contribution is 6.07. The molecule has 3 aromatic carbocycles. The standard InChI is InChI=1S/C25H22O6/c1-28-19-14-11-17(12-15-19)21(26)16-13-18-7-6-10-23(30-3)24(18)31-25(27)20-8-4-5-9-22(20)29-2/h4-16H,1-3H3. The van der Waals surface area contributed by atoms with Crippen LogP contribution in [0.15, 0.2) is 72.8 Å². The largest absolute Gasteiger partial charge is 0.497 e. The Labute approximate surface area is 180 Å². The summed E-state index contributed by atoms with van der Waals surface area (Å²) in [5.74, 6) is 0.834. The van der Waals surface area contributed by atoms with Gasteiger partial charge in [0, 0.05) is 11.1 Å². The van der Waals surface area contributed by atoms with Crippen LogP contribution in [0.5, 0.6) is 23.0 Å². The van der Waals surface area contributed by atoms with E-state index in [4.69, 9.17) is 18.9 Å². The molecule has 31 heavy (non-hydrogen) atoms. The SMILES string of the molecule is COc1ccc(C(=O)C=Cc2cccc(OC)c2OC(=O)c2ccccc2OC)cc1. The maximum atomic E-state index is 12.8. The van der Waals surface area contributed by atoms with E-state index in [0.29, 0.717) is 28.4 Å². The first-order valence-corrected chi connectivity index (χ1v) is 9.46. The number of allylic oxidation sites excluding steroid dienone is 1. The molecular weight excluding hydrogens is 396 g/mol. The molecule has 0 spiro atoms. The second-order valence-corrected chi connectivity index (χ2v) is 6.39. The maximum absolute atomic E-state index is 12.8. The van der Waals surface area contributed by atoms with Gasteiger partial charge in [-0.3, -0.25) is 4.79 Å². The highest BCUT2D eigenvalue weighted by Gasteiger charge is 2.18. The summed E-state index contributed by atoms with van der Waals surface area (Å²) in [6.07, 6.45) is 3.00. The fourth-order valence-electron chi connectivity index (χ4n) is 2.91. The molecule has 0 heterocycles. The van der Waals surface area contributed by atoms with E-state index in [1.165, 1.54) is 20.3 Å². The Hall–Kier alpha value is -4.06. The second-order valence-electron chi connectivity index (χ2n) is 6.39. The number of rotatable bonds is 8. The van der Waals surface area contributed by atoms with Crippen LogP contribution in [-0.2, 0) is 0 Å². The van der Waals surface area contributed by atoms with E-state index in [0.717, 1.165) is 0 Å². The number of ketones is 1. The molecule has 3 aromatic rings. The van der Waals surface area contributed by atoms with E-state index >= 15 is 0 Å². The number of esters is 1. The molecule has 3 rings (SSSR count). The monoisotopic (exact) mass is 418 g/mol.